The van der Waals surface area contributed by atoms with Gasteiger partial charge in [-0.1, -0.05) is 0 Å². The first kappa shape index (κ1) is 15.4. The van der Waals surface area contributed by atoms with Crippen molar-refractivity contribution in [1.29, 1.82) is 0 Å². The van der Waals surface area contributed by atoms with Gasteiger partial charge in [0.1, 0.15) is 9.84 Å². The van der Waals surface area contributed by atoms with Gasteiger partial charge in [0.05, 0.1) is 11.7 Å². The molecule has 1 unspecified atom stereocenters. The highest BCUT2D eigenvalue weighted by atomic mass is 32.2. The molecule has 0 aliphatic carbocycles. The molecular weight excluding hydrogens is 254 g/mol. The van der Waals surface area contributed by atoms with Crippen LogP contribution in [0, 0.1) is 11.8 Å². The number of aliphatic carboxylic acids is 1. The molecule has 0 radical (unpaired) electrons. The van der Waals surface area contributed by atoms with Gasteiger partial charge in [0.2, 0.25) is 0 Å². The zero-order valence-corrected chi connectivity index (χ0v) is 12.1. The van der Waals surface area contributed by atoms with E-state index in [1.54, 1.807) is 0 Å². The van der Waals surface area contributed by atoms with Crippen molar-refractivity contribution >= 4 is 15.8 Å². The van der Waals surface area contributed by atoms with Crippen molar-refractivity contribution < 1.29 is 18.3 Å². The Morgan fingerprint density at radius 2 is 1.83 bits per heavy atom. The lowest BCUT2D eigenvalue weighted by atomic mass is 9.85. The van der Waals surface area contributed by atoms with Gasteiger partial charge in [-0.05, 0) is 45.7 Å². The van der Waals surface area contributed by atoms with Crippen molar-refractivity contribution in [1.82, 2.24) is 4.90 Å². The third-order valence-corrected chi connectivity index (χ3v) is 4.64. The summed E-state index contributed by atoms with van der Waals surface area (Å²) in [5.74, 6) is -2.00. The minimum atomic E-state index is -3.24. The van der Waals surface area contributed by atoms with Crippen LogP contribution in [0.3, 0.4) is 0 Å². The highest BCUT2D eigenvalue weighted by molar-refractivity contribution is 7.90. The molecule has 106 valence electrons. The van der Waals surface area contributed by atoms with Gasteiger partial charge in [-0.25, -0.2) is 8.42 Å². The summed E-state index contributed by atoms with van der Waals surface area (Å²) in [5.41, 5.74) is 0. The number of carboxylic acid groups (broad SMARTS) is 1. The van der Waals surface area contributed by atoms with Gasteiger partial charge in [-0.15, -0.1) is 0 Å². The average molecular weight is 277 g/mol. The van der Waals surface area contributed by atoms with E-state index >= 15 is 0 Å². The lowest BCUT2D eigenvalue weighted by Crippen LogP contribution is -2.42. The van der Waals surface area contributed by atoms with Crippen molar-refractivity contribution in [2.45, 2.75) is 32.7 Å². The number of sulfone groups is 1. The third-order valence-electron chi connectivity index (χ3n) is 3.67. The van der Waals surface area contributed by atoms with Gasteiger partial charge in [-0.3, -0.25) is 4.79 Å². The van der Waals surface area contributed by atoms with E-state index in [1.807, 2.05) is 0 Å². The van der Waals surface area contributed by atoms with Gasteiger partial charge in [-0.2, -0.15) is 0 Å². The monoisotopic (exact) mass is 277 g/mol. The Labute approximate surface area is 109 Å². The summed E-state index contributed by atoms with van der Waals surface area (Å²) >= 11 is 0. The van der Waals surface area contributed by atoms with Crippen LogP contribution in [0.25, 0.3) is 0 Å². The Kier molecular flexibility index (Phi) is 5.16. The summed E-state index contributed by atoms with van der Waals surface area (Å²) in [7, 11) is -3.24. The Balaban J connectivity index is 2.64. The Morgan fingerprint density at radius 3 is 2.17 bits per heavy atom. The molecule has 6 heteroatoms. The fourth-order valence-electron chi connectivity index (χ4n) is 2.57. The van der Waals surface area contributed by atoms with E-state index in [0.29, 0.717) is 6.04 Å². The molecule has 0 aromatic carbocycles. The molecule has 0 spiro atoms. The molecule has 1 rings (SSSR count). The first-order chi connectivity index (χ1) is 8.20. The number of carboxylic acids is 1. The van der Waals surface area contributed by atoms with E-state index in [1.165, 1.54) is 0 Å². The second-order valence-electron chi connectivity index (χ2n) is 5.50. The molecular formula is C12H23NO4S. The largest absolute Gasteiger partial charge is 0.481 e. The fourth-order valence-corrected chi connectivity index (χ4v) is 3.64. The van der Waals surface area contributed by atoms with Crippen LogP contribution < -0.4 is 0 Å². The maximum absolute atomic E-state index is 11.3. The second kappa shape index (κ2) is 6.02. The van der Waals surface area contributed by atoms with Gasteiger partial charge >= 0.3 is 5.97 Å². The SMILES string of the molecule is CC(C)N1CCC(C(CS(C)(=O)=O)C(=O)O)CC1. The Morgan fingerprint density at radius 1 is 1.33 bits per heavy atom. The van der Waals surface area contributed by atoms with Crippen molar-refractivity contribution in [3.8, 4) is 0 Å². The summed E-state index contributed by atoms with van der Waals surface area (Å²) in [6.45, 7) is 5.95. The van der Waals surface area contributed by atoms with Crippen LogP contribution >= 0.6 is 0 Å². The summed E-state index contributed by atoms with van der Waals surface area (Å²) in [4.78, 5) is 13.5. The van der Waals surface area contributed by atoms with E-state index in [9.17, 15) is 18.3 Å². The lowest BCUT2D eigenvalue weighted by molar-refractivity contribution is -0.143. The predicted octanol–water partition coefficient (Wildman–Crippen LogP) is 0.852. The van der Waals surface area contributed by atoms with Crippen LogP contribution in [-0.2, 0) is 14.6 Å². The molecule has 0 aromatic rings. The number of hydrogen-bond donors (Lipinski definition) is 1. The number of nitrogens with zero attached hydrogens (tertiary/aromatic N) is 1. The number of hydrogen-bond acceptors (Lipinski definition) is 4. The quantitative estimate of drug-likeness (QED) is 0.806. The minimum Gasteiger partial charge on any atom is -0.481 e. The third kappa shape index (κ3) is 4.57. The number of carbonyl (C=O) groups is 1. The Hall–Kier alpha value is -0.620. The zero-order valence-electron chi connectivity index (χ0n) is 11.3. The molecule has 0 saturated carbocycles. The number of likely N-dealkylation sites (tertiary alicyclic amines) is 1. The summed E-state index contributed by atoms with van der Waals surface area (Å²) in [5, 5.41) is 9.19. The first-order valence-corrected chi connectivity index (χ1v) is 8.41. The highest BCUT2D eigenvalue weighted by Crippen LogP contribution is 2.27. The molecule has 1 aliphatic rings. The minimum absolute atomic E-state index is 0.0211. The fraction of sp³-hybridized carbons (Fsp3) is 0.917. The van der Waals surface area contributed by atoms with Crippen LogP contribution in [0.15, 0.2) is 0 Å². The van der Waals surface area contributed by atoms with Gasteiger partial charge < -0.3 is 10.0 Å². The number of piperidine rings is 1. The maximum atomic E-state index is 11.3. The smallest absolute Gasteiger partial charge is 0.307 e. The van der Waals surface area contributed by atoms with Crippen LogP contribution in [0.1, 0.15) is 26.7 Å². The van der Waals surface area contributed by atoms with Gasteiger partial charge in [0.25, 0.3) is 0 Å². The van der Waals surface area contributed by atoms with E-state index in [4.69, 9.17) is 0 Å². The molecule has 1 saturated heterocycles. The Bertz CT molecular complexity index is 383. The zero-order chi connectivity index (χ0) is 13.9. The first-order valence-electron chi connectivity index (χ1n) is 6.35. The normalized spacial score (nSPS) is 21.1. The molecule has 1 atom stereocenters. The molecule has 1 aliphatic heterocycles. The van der Waals surface area contributed by atoms with Gasteiger partial charge in [0, 0.05) is 12.3 Å². The van der Waals surface area contributed by atoms with Crippen molar-refractivity contribution in [2.75, 3.05) is 25.1 Å². The van der Waals surface area contributed by atoms with Crippen LogP contribution in [0.4, 0.5) is 0 Å². The van der Waals surface area contributed by atoms with Crippen LogP contribution in [-0.4, -0.2) is 55.5 Å². The van der Waals surface area contributed by atoms with Crippen molar-refractivity contribution in [2.24, 2.45) is 11.8 Å². The molecule has 18 heavy (non-hydrogen) atoms. The van der Waals surface area contributed by atoms with Crippen molar-refractivity contribution in [3.63, 3.8) is 0 Å². The summed E-state index contributed by atoms with van der Waals surface area (Å²) in [6, 6.07) is 0.462. The standard InChI is InChI=1S/C12H23NO4S/c1-9(2)13-6-4-10(5-7-13)11(12(14)15)8-18(3,16)17/h9-11H,4-8H2,1-3H3,(H,14,15). The van der Waals surface area contributed by atoms with E-state index < -0.39 is 21.7 Å². The maximum Gasteiger partial charge on any atom is 0.307 e. The topological polar surface area (TPSA) is 74.7 Å². The average Bonchev–Trinajstić information content (AvgIpc) is 2.24. The van der Waals surface area contributed by atoms with Crippen molar-refractivity contribution in [3.05, 3.63) is 0 Å². The van der Waals surface area contributed by atoms with E-state index in [2.05, 4.69) is 18.7 Å². The number of rotatable bonds is 5. The summed E-state index contributed by atoms with van der Waals surface area (Å²) in [6.07, 6.45) is 2.64. The lowest BCUT2D eigenvalue weighted by Gasteiger charge is -2.36. The van der Waals surface area contributed by atoms with Crippen LogP contribution in [0.2, 0.25) is 0 Å². The molecule has 0 bridgehead atoms. The van der Waals surface area contributed by atoms with E-state index in [-0.39, 0.29) is 11.7 Å². The predicted molar refractivity (Wildman–Crippen MR) is 70.3 cm³/mol. The molecule has 1 heterocycles. The molecule has 1 fully saturated rings. The van der Waals surface area contributed by atoms with Gasteiger partial charge in [0.15, 0.2) is 0 Å². The highest BCUT2D eigenvalue weighted by Gasteiger charge is 2.34. The molecule has 1 N–H and O–H groups in total. The molecule has 0 aromatic heterocycles. The van der Waals surface area contributed by atoms with E-state index in [0.717, 1.165) is 32.2 Å². The van der Waals surface area contributed by atoms with Crippen LogP contribution in [0.5, 0.6) is 0 Å². The molecule has 5 nitrogen and oxygen atoms in total. The molecule has 0 amide bonds. The summed E-state index contributed by atoms with van der Waals surface area (Å²) < 4.78 is 22.6. The second-order valence-corrected chi connectivity index (χ2v) is 7.69.